The van der Waals surface area contributed by atoms with Gasteiger partial charge in [0.15, 0.2) is 0 Å². The van der Waals surface area contributed by atoms with Crippen LogP contribution in [0.3, 0.4) is 0 Å². The second-order valence-corrected chi connectivity index (χ2v) is 8.59. The molecule has 1 N–H and O–H groups in total. The Labute approximate surface area is 172 Å². The van der Waals surface area contributed by atoms with Crippen molar-refractivity contribution in [2.45, 2.75) is 39.5 Å². The summed E-state index contributed by atoms with van der Waals surface area (Å²) < 4.78 is 5.17. The summed E-state index contributed by atoms with van der Waals surface area (Å²) in [6.45, 7) is 5.15. The van der Waals surface area contributed by atoms with Crippen molar-refractivity contribution in [3.8, 4) is 0 Å². The number of ether oxygens (including phenoxy) is 1. The van der Waals surface area contributed by atoms with Gasteiger partial charge in [-0.05, 0) is 43.7 Å². The summed E-state index contributed by atoms with van der Waals surface area (Å²) in [5, 5.41) is 4.98. The van der Waals surface area contributed by atoms with E-state index in [2.05, 4.69) is 5.32 Å². The van der Waals surface area contributed by atoms with E-state index < -0.39 is 5.97 Å². The van der Waals surface area contributed by atoms with Gasteiger partial charge in [0.25, 0.3) is 11.8 Å². The first-order valence-electron chi connectivity index (χ1n) is 9.47. The third kappa shape index (κ3) is 4.44. The predicted octanol–water partition coefficient (Wildman–Crippen LogP) is 4.56. The smallest absolute Gasteiger partial charge is 0.341 e. The average Bonchev–Trinajstić information content (AvgIpc) is 3.22. The van der Waals surface area contributed by atoms with E-state index in [0.717, 1.165) is 50.1 Å². The molecule has 0 radical (unpaired) electrons. The summed E-state index contributed by atoms with van der Waals surface area (Å²) in [4.78, 5) is 41.0. The molecule has 0 aliphatic carbocycles. The van der Waals surface area contributed by atoms with Gasteiger partial charge in [0.05, 0.1) is 21.9 Å². The molecule has 2 aromatic heterocycles. The molecule has 0 unspecified atom stereocenters. The van der Waals surface area contributed by atoms with Crippen LogP contribution in [0.5, 0.6) is 0 Å². The summed E-state index contributed by atoms with van der Waals surface area (Å²) in [5.41, 5.74) is 0.842. The molecular weight excluding hydrogens is 396 g/mol. The molecule has 2 aromatic rings. The quantitative estimate of drug-likeness (QED) is 0.719. The first-order valence-corrected chi connectivity index (χ1v) is 11.2. The number of carbonyl (C=O) groups is 3. The van der Waals surface area contributed by atoms with E-state index in [1.807, 2.05) is 10.3 Å². The minimum absolute atomic E-state index is 0.0772. The lowest BCUT2D eigenvalue weighted by Crippen LogP contribution is -2.31. The topological polar surface area (TPSA) is 75.7 Å². The van der Waals surface area contributed by atoms with Gasteiger partial charge in [0.1, 0.15) is 5.00 Å². The van der Waals surface area contributed by atoms with Crippen LogP contribution in [-0.4, -0.2) is 42.4 Å². The molecular formula is C20H24N2O4S2. The molecule has 28 heavy (non-hydrogen) atoms. The number of anilines is 1. The fourth-order valence-corrected chi connectivity index (χ4v) is 5.02. The second-order valence-electron chi connectivity index (χ2n) is 6.62. The number of nitrogens with zero attached hydrogens (tertiary/aromatic N) is 1. The van der Waals surface area contributed by atoms with E-state index in [0.29, 0.717) is 20.3 Å². The van der Waals surface area contributed by atoms with Gasteiger partial charge in [-0.3, -0.25) is 9.59 Å². The van der Waals surface area contributed by atoms with Crippen LogP contribution in [0.25, 0.3) is 0 Å². The lowest BCUT2D eigenvalue weighted by atomic mass is 10.1. The van der Waals surface area contributed by atoms with Gasteiger partial charge in [-0.2, -0.15) is 0 Å². The minimum Gasteiger partial charge on any atom is -0.462 e. The van der Waals surface area contributed by atoms with Crippen molar-refractivity contribution >= 4 is 45.5 Å². The van der Waals surface area contributed by atoms with Crippen LogP contribution in [0.4, 0.5) is 5.00 Å². The fraction of sp³-hybridized carbons (Fsp3) is 0.450. The number of esters is 1. The SMILES string of the molecule is CCOC(=O)c1c(NC(=O)c2cccs2)sc(C(=O)N2CCCCCC2)c1C. The molecule has 3 rings (SSSR count). The van der Waals surface area contributed by atoms with Crippen LogP contribution < -0.4 is 5.32 Å². The number of nitrogens with one attached hydrogen (secondary N) is 1. The number of hydrogen-bond donors (Lipinski definition) is 1. The second kappa shape index (κ2) is 9.34. The fourth-order valence-electron chi connectivity index (χ4n) is 3.24. The summed E-state index contributed by atoms with van der Waals surface area (Å²) >= 11 is 2.47. The van der Waals surface area contributed by atoms with Crippen LogP contribution in [-0.2, 0) is 4.74 Å². The number of likely N-dealkylation sites (tertiary alicyclic amines) is 1. The van der Waals surface area contributed by atoms with Crippen LogP contribution >= 0.6 is 22.7 Å². The number of carbonyl (C=O) groups excluding carboxylic acids is 3. The van der Waals surface area contributed by atoms with Crippen molar-refractivity contribution in [1.82, 2.24) is 4.90 Å². The molecule has 1 saturated heterocycles. The van der Waals surface area contributed by atoms with Crippen LogP contribution in [0.15, 0.2) is 17.5 Å². The highest BCUT2D eigenvalue weighted by Crippen LogP contribution is 2.35. The van der Waals surface area contributed by atoms with E-state index in [4.69, 9.17) is 4.74 Å². The molecule has 1 fully saturated rings. The molecule has 0 saturated carbocycles. The Kier molecular flexibility index (Phi) is 6.85. The number of rotatable bonds is 5. The molecule has 0 bridgehead atoms. The van der Waals surface area contributed by atoms with Crippen molar-refractivity contribution in [2.75, 3.05) is 25.0 Å². The molecule has 0 spiro atoms. The maximum atomic E-state index is 13.1. The summed E-state index contributed by atoms with van der Waals surface area (Å²) in [5.74, 6) is -0.894. The summed E-state index contributed by atoms with van der Waals surface area (Å²) in [6.07, 6.45) is 4.23. The maximum Gasteiger partial charge on any atom is 0.341 e. The van der Waals surface area contributed by atoms with E-state index in [1.54, 1.807) is 26.0 Å². The number of amides is 2. The molecule has 1 aliphatic heterocycles. The first kappa shape index (κ1) is 20.5. The van der Waals surface area contributed by atoms with Gasteiger partial charge in [-0.15, -0.1) is 22.7 Å². The van der Waals surface area contributed by atoms with Gasteiger partial charge in [-0.1, -0.05) is 18.9 Å². The van der Waals surface area contributed by atoms with Gasteiger partial charge in [0, 0.05) is 13.1 Å². The summed E-state index contributed by atoms with van der Waals surface area (Å²) in [7, 11) is 0. The molecule has 0 aromatic carbocycles. The van der Waals surface area contributed by atoms with E-state index >= 15 is 0 Å². The van der Waals surface area contributed by atoms with Gasteiger partial charge in [-0.25, -0.2) is 4.79 Å². The van der Waals surface area contributed by atoms with E-state index in [1.165, 1.54) is 11.3 Å². The lowest BCUT2D eigenvalue weighted by Gasteiger charge is -2.19. The lowest BCUT2D eigenvalue weighted by molar-refractivity contribution is 0.0527. The molecule has 1 aliphatic rings. The van der Waals surface area contributed by atoms with Crippen LogP contribution in [0, 0.1) is 6.92 Å². The first-order chi connectivity index (χ1) is 13.5. The Morgan fingerprint density at radius 2 is 1.89 bits per heavy atom. The number of hydrogen-bond acceptors (Lipinski definition) is 6. The zero-order valence-electron chi connectivity index (χ0n) is 16.1. The Morgan fingerprint density at radius 1 is 1.18 bits per heavy atom. The van der Waals surface area contributed by atoms with Gasteiger partial charge >= 0.3 is 5.97 Å². The third-order valence-corrected chi connectivity index (χ3v) is 6.75. The molecule has 8 heteroatoms. The largest absolute Gasteiger partial charge is 0.462 e. The minimum atomic E-state index is -0.521. The normalized spacial score (nSPS) is 14.4. The molecule has 150 valence electrons. The van der Waals surface area contributed by atoms with Crippen molar-refractivity contribution < 1.29 is 19.1 Å². The molecule has 6 nitrogen and oxygen atoms in total. The van der Waals surface area contributed by atoms with Crippen molar-refractivity contribution in [1.29, 1.82) is 0 Å². The highest BCUT2D eigenvalue weighted by molar-refractivity contribution is 7.19. The summed E-state index contributed by atoms with van der Waals surface area (Å²) in [6, 6.07) is 3.51. The van der Waals surface area contributed by atoms with Crippen molar-refractivity contribution in [3.05, 3.63) is 38.4 Å². The Bertz CT molecular complexity index is 850. The monoisotopic (exact) mass is 420 g/mol. The zero-order chi connectivity index (χ0) is 20.1. The Hall–Kier alpha value is -2.19. The number of thiophene rings is 2. The predicted molar refractivity (Wildman–Crippen MR) is 112 cm³/mol. The Balaban J connectivity index is 1.93. The molecule has 2 amide bonds. The van der Waals surface area contributed by atoms with Crippen LogP contribution in [0.2, 0.25) is 0 Å². The standard InChI is InChI=1S/C20H24N2O4S2/c1-3-26-20(25)15-13(2)16(19(24)22-10-6-4-5-7-11-22)28-18(15)21-17(23)14-9-8-12-27-14/h8-9,12H,3-7,10-11H2,1-2H3,(H,21,23). The van der Waals surface area contributed by atoms with Crippen molar-refractivity contribution in [3.63, 3.8) is 0 Å². The zero-order valence-corrected chi connectivity index (χ0v) is 17.7. The Morgan fingerprint density at radius 3 is 2.50 bits per heavy atom. The average molecular weight is 421 g/mol. The van der Waals surface area contributed by atoms with Crippen LogP contribution in [0.1, 0.15) is 67.9 Å². The molecule has 3 heterocycles. The highest BCUT2D eigenvalue weighted by Gasteiger charge is 2.29. The van der Waals surface area contributed by atoms with Gasteiger partial charge in [0.2, 0.25) is 0 Å². The highest BCUT2D eigenvalue weighted by atomic mass is 32.1. The van der Waals surface area contributed by atoms with E-state index in [9.17, 15) is 14.4 Å². The molecule has 0 atom stereocenters. The van der Waals surface area contributed by atoms with Gasteiger partial charge < -0.3 is 15.0 Å². The maximum absolute atomic E-state index is 13.1. The van der Waals surface area contributed by atoms with E-state index in [-0.39, 0.29) is 24.0 Å². The van der Waals surface area contributed by atoms with Crippen molar-refractivity contribution in [2.24, 2.45) is 0 Å². The third-order valence-electron chi connectivity index (χ3n) is 4.69.